The average molecular weight is 590 g/mol. The maximum Gasteiger partial charge on any atom is 0.250 e. The Morgan fingerprint density at radius 1 is 1.12 bits per heavy atom. The van der Waals surface area contributed by atoms with Crippen molar-refractivity contribution in [3.63, 3.8) is 0 Å². The van der Waals surface area contributed by atoms with Crippen LogP contribution in [-0.4, -0.2) is 47.2 Å². The van der Waals surface area contributed by atoms with Gasteiger partial charge in [-0.15, -0.1) is 12.4 Å². The number of carbonyl (C=O) groups excluding carboxylic acids is 5. The minimum atomic E-state index is -1.17. The molecule has 0 radical (unpaired) electrons. The van der Waals surface area contributed by atoms with Crippen molar-refractivity contribution in [2.45, 2.75) is 77.5 Å². The summed E-state index contributed by atoms with van der Waals surface area (Å²) < 4.78 is 0. The molecule has 1 aromatic carbocycles. The zero-order valence-electron chi connectivity index (χ0n) is 23.1. The van der Waals surface area contributed by atoms with Crippen LogP contribution >= 0.6 is 23.7 Å². The van der Waals surface area contributed by atoms with Gasteiger partial charge in [-0.1, -0.05) is 26.0 Å². The topological polar surface area (TPSA) is 142 Å². The smallest absolute Gasteiger partial charge is 0.250 e. The minimum absolute atomic E-state index is 0. The summed E-state index contributed by atoms with van der Waals surface area (Å²) in [7, 11) is 0. The predicted molar refractivity (Wildman–Crippen MR) is 156 cm³/mol. The van der Waals surface area contributed by atoms with Crippen LogP contribution in [0.4, 0.5) is 11.4 Å². The number of nitrogens with zero attached hydrogens (tertiary/aromatic N) is 2. The number of fused-ring (bicyclic) bond motifs is 1. The Hall–Kier alpha value is -3.28. The third kappa shape index (κ3) is 6.71. The van der Waals surface area contributed by atoms with Crippen LogP contribution in [0, 0.1) is 5.92 Å². The SMILES string of the molecule is CC(C)C[C@@H](NC(=O)C(C)(C)N)C(=O)NC1Cc2cccc(N3C(=O)CCC3=O)c2N(Cc2ccsc2)C1=O.Cl. The number of benzene rings is 1. The van der Waals surface area contributed by atoms with E-state index in [2.05, 4.69) is 10.6 Å². The molecule has 1 unspecified atom stereocenters. The Labute approximate surface area is 244 Å². The summed E-state index contributed by atoms with van der Waals surface area (Å²) in [5.74, 6) is -1.81. The van der Waals surface area contributed by atoms with Crippen molar-refractivity contribution in [2.75, 3.05) is 9.80 Å². The number of nitrogens with two attached hydrogens (primary N) is 1. The van der Waals surface area contributed by atoms with Crippen LogP contribution in [0.25, 0.3) is 0 Å². The molecule has 3 heterocycles. The number of hydrogen-bond donors (Lipinski definition) is 3. The molecule has 2 aliphatic rings. The molecule has 0 bridgehead atoms. The lowest BCUT2D eigenvalue weighted by Gasteiger charge is -2.37. The maximum atomic E-state index is 13.9. The van der Waals surface area contributed by atoms with E-state index in [0.717, 1.165) is 16.0 Å². The second kappa shape index (κ2) is 12.5. The third-order valence-corrected chi connectivity index (χ3v) is 7.53. The Bertz CT molecular complexity index is 1270. The van der Waals surface area contributed by atoms with Crippen molar-refractivity contribution in [2.24, 2.45) is 11.7 Å². The molecule has 10 nitrogen and oxygen atoms in total. The molecule has 0 spiro atoms. The van der Waals surface area contributed by atoms with Crippen LogP contribution in [0.1, 0.15) is 58.1 Å². The standard InChI is InChI=1S/C28H35N5O5S.ClH/c1-16(2)12-19(31-27(38)28(3,4)29)25(36)30-20-13-18-6-5-7-21(33-22(34)8-9-23(33)35)24(18)32(26(20)37)14-17-10-11-39-15-17;/h5-7,10-11,15-16,19-20H,8-9,12-14,29H2,1-4H3,(H,30,36)(H,31,38);1H/t19-,20?;/m1./s1. The van der Waals surface area contributed by atoms with Gasteiger partial charge >= 0.3 is 0 Å². The molecule has 12 heteroatoms. The van der Waals surface area contributed by atoms with Gasteiger partial charge in [0.15, 0.2) is 0 Å². The molecule has 216 valence electrons. The third-order valence-electron chi connectivity index (χ3n) is 6.80. The number of halogens is 1. The van der Waals surface area contributed by atoms with Crippen LogP contribution < -0.4 is 26.2 Å². The first-order valence-corrected chi connectivity index (χ1v) is 14.0. The fourth-order valence-electron chi connectivity index (χ4n) is 4.84. The van der Waals surface area contributed by atoms with Crippen molar-refractivity contribution in [3.8, 4) is 0 Å². The highest BCUT2D eigenvalue weighted by Gasteiger charge is 2.40. The Morgan fingerprint density at radius 2 is 1.80 bits per heavy atom. The van der Waals surface area contributed by atoms with Crippen molar-refractivity contribution in [1.29, 1.82) is 0 Å². The highest BCUT2D eigenvalue weighted by atomic mass is 35.5. The van der Waals surface area contributed by atoms with Gasteiger partial charge in [0, 0.05) is 19.3 Å². The van der Waals surface area contributed by atoms with E-state index in [1.54, 1.807) is 30.9 Å². The highest BCUT2D eigenvalue weighted by Crippen LogP contribution is 2.40. The van der Waals surface area contributed by atoms with Gasteiger partial charge in [0.2, 0.25) is 29.5 Å². The molecule has 1 saturated heterocycles. The van der Waals surface area contributed by atoms with Gasteiger partial charge in [0.05, 0.1) is 23.5 Å². The first-order valence-electron chi connectivity index (χ1n) is 13.1. The van der Waals surface area contributed by atoms with Gasteiger partial charge in [-0.3, -0.25) is 24.0 Å². The van der Waals surface area contributed by atoms with Crippen LogP contribution in [0.3, 0.4) is 0 Å². The van der Waals surface area contributed by atoms with Gasteiger partial charge in [0.25, 0.3) is 0 Å². The monoisotopic (exact) mass is 589 g/mol. The summed E-state index contributed by atoms with van der Waals surface area (Å²) in [4.78, 5) is 67.8. The fourth-order valence-corrected chi connectivity index (χ4v) is 5.50. The lowest BCUT2D eigenvalue weighted by Crippen LogP contribution is -2.59. The molecule has 2 atom stereocenters. The lowest BCUT2D eigenvalue weighted by atomic mass is 9.94. The lowest BCUT2D eigenvalue weighted by molar-refractivity contribution is -0.133. The van der Waals surface area contributed by atoms with Crippen molar-refractivity contribution in [1.82, 2.24) is 10.6 Å². The normalized spacial score (nSPS) is 17.9. The summed E-state index contributed by atoms with van der Waals surface area (Å²) in [5, 5.41) is 9.42. The van der Waals surface area contributed by atoms with E-state index in [-0.39, 0.29) is 61.9 Å². The quantitative estimate of drug-likeness (QED) is 0.384. The van der Waals surface area contributed by atoms with E-state index in [9.17, 15) is 24.0 Å². The predicted octanol–water partition coefficient (Wildman–Crippen LogP) is 2.67. The molecule has 0 aliphatic carbocycles. The van der Waals surface area contributed by atoms with E-state index in [0.29, 0.717) is 17.8 Å². The van der Waals surface area contributed by atoms with Crippen molar-refractivity contribution >= 4 is 64.7 Å². The van der Waals surface area contributed by atoms with Crippen molar-refractivity contribution < 1.29 is 24.0 Å². The van der Waals surface area contributed by atoms with Crippen LogP contribution in [0.15, 0.2) is 35.0 Å². The van der Waals surface area contributed by atoms with Gasteiger partial charge in [0.1, 0.15) is 12.1 Å². The van der Waals surface area contributed by atoms with E-state index in [4.69, 9.17) is 5.73 Å². The summed E-state index contributed by atoms with van der Waals surface area (Å²) in [5.41, 5.74) is 7.25. The fraction of sp³-hybridized carbons (Fsp3) is 0.464. The number of carbonyl (C=O) groups is 5. The van der Waals surface area contributed by atoms with Crippen LogP contribution in [0.5, 0.6) is 0 Å². The molecule has 1 aromatic heterocycles. The molecule has 5 amide bonds. The first-order chi connectivity index (χ1) is 18.4. The molecule has 40 heavy (non-hydrogen) atoms. The number of imide groups is 1. The molecule has 0 saturated carbocycles. The molecule has 4 rings (SSSR count). The number of nitrogens with one attached hydrogen (secondary N) is 2. The molecule has 2 aliphatic heterocycles. The van der Waals surface area contributed by atoms with Gasteiger partial charge < -0.3 is 21.3 Å². The summed E-state index contributed by atoms with van der Waals surface area (Å²) >= 11 is 1.49. The number of anilines is 2. The second-order valence-electron chi connectivity index (χ2n) is 11.1. The summed E-state index contributed by atoms with van der Waals surface area (Å²) in [6, 6.07) is 5.38. The number of amides is 5. The van der Waals surface area contributed by atoms with Gasteiger partial charge in [-0.2, -0.15) is 11.3 Å². The number of rotatable bonds is 9. The average Bonchev–Trinajstić information content (AvgIpc) is 3.49. The largest absolute Gasteiger partial charge is 0.343 e. The summed E-state index contributed by atoms with van der Waals surface area (Å²) in [6.45, 7) is 7.21. The number of para-hydroxylation sites is 1. The van der Waals surface area contributed by atoms with E-state index in [1.807, 2.05) is 36.7 Å². The van der Waals surface area contributed by atoms with E-state index in [1.165, 1.54) is 11.3 Å². The van der Waals surface area contributed by atoms with Crippen LogP contribution in [-0.2, 0) is 36.9 Å². The highest BCUT2D eigenvalue weighted by molar-refractivity contribution is 7.07. The zero-order valence-corrected chi connectivity index (χ0v) is 24.7. The molecular weight excluding hydrogens is 554 g/mol. The minimum Gasteiger partial charge on any atom is -0.343 e. The molecule has 2 aromatic rings. The number of hydrogen-bond acceptors (Lipinski definition) is 7. The van der Waals surface area contributed by atoms with Gasteiger partial charge in [-0.05, 0) is 60.2 Å². The van der Waals surface area contributed by atoms with E-state index >= 15 is 0 Å². The van der Waals surface area contributed by atoms with E-state index < -0.39 is 29.4 Å². The molecule has 1 fully saturated rings. The second-order valence-corrected chi connectivity index (χ2v) is 11.9. The van der Waals surface area contributed by atoms with Crippen molar-refractivity contribution in [3.05, 3.63) is 46.2 Å². The van der Waals surface area contributed by atoms with Crippen LogP contribution in [0.2, 0.25) is 0 Å². The maximum absolute atomic E-state index is 13.9. The molecule has 4 N–H and O–H groups in total. The summed E-state index contributed by atoms with van der Waals surface area (Å²) in [6.07, 6.45) is 0.798. The Balaban J connectivity index is 0.00000441. The number of thiophene rings is 1. The Kier molecular flexibility index (Phi) is 9.76. The molecular formula is C28H36ClN5O5S. The van der Waals surface area contributed by atoms with Gasteiger partial charge in [-0.25, -0.2) is 4.90 Å². The Morgan fingerprint density at radius 3 is 2.38 bits per heavy atom. The zero-order chi connectivity index (χ0) is 28.5. The first kappa shape index (κ1) is 31.3.